The molecule has 0 radical (unpaired) electrons. The van der Waals surface area contributed by atoms with Gasteiger partial charge in [0.2, 0.25) is 5.91 Å². The molecule has 0 aliphatic heterocycles. The minimum absolute atomic E-state index is 0.113. The van der Waals surface area contributed by atoms with Gasteiger partial charge < -0.3 is 15.2 Å². The molecule has 4 nitrogen and oxygen atoms in total. The van der Waals surface area contributed by atoms with Gasteiger partial charge in [-0.1, -0.05) is 18.2 Å². The Morgan fingerprint density at radius 1 is 1.25 bits per heavy atom. The number of halogens is 1. The van der Waals surface area contributed by atoms with E-state index >= 15 is 0 Å². The van der Waals surface area contributed by atoms with Crippen molar-refractivity contribution in [2.45, 2.75) is 24.5 Å². The summed E-state index contributed by atoms with van der Waals surface area (Å²) < 4.78 is 18.8. The maximum Gasteiger partial charge on any atom is 0.221 e. The molecule has 0 heterocycles. The first-order valence-electron chi connectivity index (χ1n) is 7.54. The molecule has 0 spiro atoms. The van der Waals surface area contributed by atoms with Gasteiger partial charge in [0, 0.05) is 28.8 Å². The number of carbonyl (C=O) groups is 1. The summed E-state index contributed by atoms with van der Waals surface area (Å²) in [6.07, 6.45) is -0.642. The van der Waals surface area contributed by atoms with Crippen molar-refractivity contribution in [2.75, 3.05) is 17.7 Å². The molecule has 0 aliphatic rings. The van der Waals surface area contributed by atoms with Crippen LogP contribution in [-0.4, -0.2) is 29.5 Å². The maximum absolute atomic E-state index is 13.4. The standard InChI is InChI=1S/C18H20FNO3S/c1-13(21)20-15-6-8-17(9-7-15)24-12-16(22)11-23-10-14-4-2-3-5-18(14)19/h2-9,16,22H,10-12H2,1H3,(H,20,21)/t16-/m1/s1. The molecule has 0 aliphatic carbocycles. The van der Waals surface area contributed by atoms with E-state index in [1.807, 2.05) is 24.3 Å². The lowest BCUT2D eigenvalue weighted by atomic mass is 10.2. The van der Waals surface area contributed by atoms with Gasteiger partial charge in [-0.15, -0.1) is 11.8 Å². The number of nitrogens with one attached hydrogen (secondary N) is 1. The lowest BCUT2D eigenvalue weighted by Crippen LogP contribution is -2.18. The zero-order valence-corrected chi connectivity index (χ0v) is 14.2. The highest BCUT2D eigenvalue weighted by molar-refractivity contribution is 7.99. The van der Waals surface area contributed by atoms with E-state index < -0.39 is 6.10 Å². The number of thioether (sulfide) groups is 1. The Hall–Kier alpha value is -1.89. The highest BCUT2D eigenvalue weighted by Crippen LogP contribution is 2.21. The quantitative estimate of drug-likeness (QED) is 0.717. The zero-order chi connectivity index (χ0) is 17.4. The van der Waals surface area contributed by atoms with Crippen LogP contribution >= 0.6 is 11.8 Å². The molecule has 0 saturated heterocycles. The van der Waals surface area contributed by atoms with Gasteiger partial charge in [0.1, 0.15) is 5.82 Å². The molecule has 0 fully saturated rings. The molecule has 2 rings (SSSR count). The Morgan fingerprint density at radius 2 is 1.96 bits per heavy atom. The van der Waals surface area contributed by atoms with Crippen molar-refractivity contribution in [3.8, 4) is 0 Å². The number of rotatable bonds is 8. The highest BCUT2D eigenvalue weighted by Gasteiger charge is 2.07. The van der Waals surface area contributed by atoms with E-state index in [-0.39, 0.29) is 24.9 Å². The SMILES string of the molecule is CC(=O)Nc1ccc(SC[C@H](O)COCc2ccccc2F)cc1. The summed E-state index contributed by atoms with van der Waals surface area (Å²) in [4.78, 5) is 11.9. The van der Waals surface area contributed by atoms with Gasteiger partial charge in [0.05, 0.1) is 19.3 Å². The molecule has 0 aromatic heterocycles. The van der Waals surface area contributed by atoms with Gasteiger partial charge in [-0.25, -0.2) is 4.39 Å². The van der Waals surface area contributed by atoms with E-state index in [0.29, 0.717) is 11.3 Å². The monoisotopic (exact) mass is 349 g/mol. The molecule has 2 aromatic rings. The second-order valence-electron chi connectivity index (χ2n) is 5.28. The van der Waals surface area contributed by atoms with Crippen LogP contribution in [0, 0.1) is 5.82 Å². The molecule has 1 atom stereocenters. The summed E-state index contributed by atoms with van der Waals surface area (Å²) in [5.41, 5.74) is 1.21. The molecule has 0 unspecified atom stereocenters. The minimum atomic E-state index is -0.642. The maximum atomic E-state index is 13.4. The third-order valence-electron chi connectivity index (χ3n) is 3.14. The Labute approximate surface area is 145 Å². The smallest absolute Gasteiger partial charge is 0.221 e. The van der Waals surface area contributed by atoms with Crippen molar-refractivity contribution in [1.82, 2.24) is 0 Å². The van der Waals surface area contributed by atoms with E-state index in [2.05, 4.69) is 5.32 Å². The van der Waals surface area contributed by atoms with Gasteiger partial charge in [-0.3, -0.25) is 4.79 Å². The molecule has 0 saturated carbocycles. The summed E-state index contributed by atoms with van der Waals surface area (Å²) >= 11 is 1.49. The van der Waals surface area contributed by atoms with Crippen LogP contribution in [0.25, 0.3) is 0 Å². The van der Waals surface area contributed by atoms with Gasteiger partial charge in [0.15, 0.2) is 0 Å². The van der Waals surface area contributed by atoms with Crippen LogP contribution in [0.3, 0.4) is 0 Å². The van der Waals surface area contributed by atoms with Crippen molar-refractivity contribution in [3.63, 3.8) is 0 Å². The summed E-state index contributed by atoms with van der Waals surface area (Å²) in [6.45, 7) is 1.74. The summed E-state index contributed by atoms with van der Waals surface area (Å²) in [7, 11) is 0. The third kappa shape index (κ3) is 6.31. The highest BCUT2D eigenvalue weighted by atomic mass is 32.2. The minimum Gasteiger partial charge on any atom is -0.390 e. The predicted octanol–water partition coefficient (Wildman–Crippen LogP) is 3.45. The number of carbonyl (C=O) groups excluding carboxylic acids is 1. The summed E-state index contributed by atoms with van der Waals surface area (Å²) in [5.74, 6) is 0.0509. The van der Waals surface area contributed by atoms with Crippen LogP contribution in [0.1, 0.15) is 12.5 Å². The number of hydrogen-bond acceptors (Lipinski definition) is 4. The van der Waals surface area contributed by atoms with Gasteiger partial charge >= 0.3 is 0 Å². The largest absolute Gasteiger partial charge is 0.390 e. The lowest BCUT2D eigenvalue weighted by molar-refractivity contribution is -0.114. The fraction of sp³-hybridized carbons (Fsp3) is 0.278. The molecule has 2 N–H and O–H groups in total. The number of aliphatic hydroxyl groups is 1. The number of hydrogen-bond donors (Lipinski definition) is 2. The molecule has 6 heteroatoms. The van der Waals surface area contributed by atoms with Crippen LogP contribution < -0.4 is 5.32 Å². The van der Waals surface area contributed by atoms with E-state index in [4.69, 9.17) is 4.74 Å². The Morgan fingerprint density at radius 3 is 2.62 bits per heavy atom. The van der Waals surface area contributed by atoms with Gasteiger partial charge in [-0.05, 0) is 30.3 Å². The second kappa shape index (κ2) is 9.42. The molecular weight excluding hydrogens is 329 g/mol. The number of ether oxygens (including phenoxy) is 1. The third-order valence-corrected chi connectivity index (χ3v) is 4.30. The number of benzene rings is 2. The first kappa shape index (κ1) is 18.4. The van der Waals surface area contributed by atoms with E-state index in [1.54, 1.807) is 18.2 Å². The van der Waals surface area contributed by atoms with Crippen LogP contribution in [-0.2, 0) is 16.1 Å². The molecular formula is C18H20FNO3S. The average molecular weight is 349 g/mol. The normalized spacial score (nSPS) is 12.0. The number of anilines is 1. The van der Waals surface area contributed by atoms with Gasteiger partial charge in [0.25, 0.3) is 0 Å². The van der Waals surface area contributed by atoms with E-state index in [9.17, 15) is 14.3 Å². The van der Waals surface area contributed by atoms with Crippen LogP contribution in [0.5, 0.6) is 0 Å². The Bertz CT molecular complexity index is 664. The average Bonchev–Trinajstić information content (AvgIpc) is 2.55. The van der Waals surface area contributed by atoms with Crippen molar-refractivity contribution in [1.29, 1.82) is 0 Å². The molecule has 2 aromatic carbocycles. The molecule has 24 heavy (non-hydrogen) atoms. The van der Waals surface area contributed by atoms with E-state index in [0.717, 1.165) is 10.6 Å². The van der Waals surface area contributed by atoms with E-state index in [1.165, 1.54) is 24.8 Å². The molecule has 0 bridgehead atoms. The van der Waals surface area contributed by atoms with Crippen molar-refractivity contribution < 1.29 is 19.0 Å². The van der Waals surface area contributed by atoms with Crippen LogP contribution in [0.15, 0.2) is 53.4 Å². The van der Waals surface area contributed by atoms with Gasteiger partial charge in [-0.2, -0.15) is 0 Å². The van der Waals surface area contributed by atoms with Crippen molar-refractivity contribution >= 4 is 23.4 Å². The summed E-state index contributed by atoms with van der Waals surface area (Å²) in [5, 5.41) is 12.6. The van der Waals surface area contributed by atoms with Crippen molar-refractivity contribution in [3.05, 3.63) is 59.9 Å². The molecule has 128 valence electrons. The predicted molar refractivity (Wildman–Crippen MR) is 93.5 cm³/mol. The Kier molecular flexibility index (Phi) is 7.24. The topological polar surface area (TPSA) is 58.6 Å². The number of aliphatic hydroxyl groups excluding tert-OH is 1. The zero-order valence-electron chi connectivity index (χ0n) is 13.4. The van der Waals surface area contributed by atoms with Crippen LogP contribution in [0.4, 0.5) is 10.1 Å². The first-order chi connectivity index (χ1) is 11.5. The fourth-order valence-corrected chi connectivity index (χ4v) is 2.81. The Balaban J connectivity index is 1.70. The van der Waals surface area contributed by atoms with Crippen molar-refractivity contribution in [2.24, 2.45) is 0 Å². The molecule has 1 amide bonds. The fourth-order valence-electron chi connectivity index (χ4n) is 2.00. The number of amides is 1. The summed E-state index contributed by atoms with van der Waals surface area (Å²) in [6, 6.07) is 13.8. The first-order valence-corrected chi connectivity index (χ1v) is 8.53. The lowest BCUT2D eigenvalue weighted by Gasteiger charge is -2.12. The van der Waals surface area contributed by atoms with Crippen LogP contribution in [0.2, 0.25) is 0 Å². The second-order valence-corrected chi connectivity index (χ2v) is 6.37.